The maximum atomic E-state index is 11.8. The molecule has 0 atom stereocenters. The topological polar surface area (TPSA) is 50.1 Å². The Hall–Kier alpha value is -1.82. The normalized spacial score (nSPS) is 17.1. The fraction of sp³-hybridized carbons (Fsp3) is 0.273. The first-order valence-electron chi connectivity index (χ1n) is 4.32. The van der Waals surface area contributed by atoms with Crippen molar-refractivity contribution in [1.29, 1.82) is 5.26 Å². The molecular formula is C11H9NO2. The van der Waals surface area contributed by atoms with Gasteiger partial charge in [0.05, 0.1) is 17.2 Å². The maximum Gasteiger partial charge on any atom is 0.209 e. The van der Waals surface area contributed by atoms with Crippen LogP contribution in [0, 0.1) is 11.3 Å². The van der Waals surface area contributed by atoms with Crippen LogP contribution in [0.3, 0.4) is 0 Å². The maximum absolute atomic E-state index is 11.8. The molecule has 0 bridgehead atoms. The molecule has 0 saturated heterocycles. The zero-order valence-electron chi connectivity index (χ0n) is 8.00. The highest BCUT2D eigenvalue weighted by molar-refractivity contribution is 6.07. The van der Waals surface area contributed by atoms with Crippen LogP contribution < -0.4 is 4.74 Å². The minimum absolute atomic E-state index is 0.0652. The van der Waals surface area contributed by atoms with E-state index < -0.39 is 5.60 Å². The lowest BCUT2D eigenvalue weighted by Gasteiger charge is -2.14. The monoisotopic (exact) mass is 187 g/mol. The molecule has 0 N–H and O–H groups in total. The van der Waals surface area contributed by atoms with Crippen LogP contribution in [0.2, 0.25) is 0 Å². The molecule has 3 nitrogen and oxygen atoms in total. The van der Waals surface area contributed by atoms with Gasteiger partial charge in [0.1, 0.15) is 5.75 Å². The number of ketones is 1. The molecular weight excluding hydrogens is 178 g/mol. The first kappa shape index (κ1) is 8.76. The van der Waals surface area contributed by atoms with Gasteiger partial charge in [-0.1, -0.05) is 0 Å². The highest BCUT2D eigenvalue weighted by Gasteiger charge is 2.39. The van der Waals surface area contributed by atoms with Gasteiger partial charge in [0.25, 0.3) is 0 Å². The SMILES string of the molecule is CC1(C)Oc2ccc(C#N)cc2C1=O. The lowest BCUT2D eigenvalue weighted by molar-refractivity contribution is 0.0684. The summed E-state index contributed by atoms with van der Waals surface area (Å²) in [5.74, 6) is 0.503. The van der Waals surface area contributed by atoms with Crippen LogP contribution in [0.4, 0.5) is 0 Å². The number of rotatable bonds is 0. The largest absolute Gasteiger partial charge is 0.479 e. The van der Waals surface area contributed by atoms with Crippen molar-refractivity contribution in [2.45, 2.75) is 19.4 Å². The van der Waals surface area contributed by atoms with Crippen molar-refractivity contribution in [3.05, 3.63) is 29.3 Å². The van der Waals surface area contributed by atoms with Crippen LogP contribution in [-0.2, 0) is 0 Å². The highest BCUT2D eigenvalue weighted by atomic mass is 16.5. The number of fused-ring (bicyclic) bond motifs is 1. The predicted octanol–water partition coefficient (Wildman–Crippen LogP) is 1.91. The Balaban J connectivity index is 2.57. The zero-order chi connectivity index (χ0) is 10.3. The molecule has 1 heterocycles. The van der Waals surface area contributed by atoms with Gasteiger partial charge in [-0.2, -0.15) is 5.26 Å². The number of ether oxygens (including phenoxy) is 1. The number of benzene rings is 1. The average molecular weight is 187 g/mol. The number of carbonyl (C=O) groups excluding carboxylic acids is 1. The second-order valence-electron chi connectivity index (χ2n) is 3.76. The molecule has 0 unspecified atom stereocenters. The Kier molecular flexibility index (Phi) is 1.62. The molecule has 0 aromatic heterocycles. The van der Waals surface area contributed by atoms with E-state index in [9.17, 15) is 4.79 Å². The van der Waals surface area contributed by atoms with E-state index in [4.69, 9.17) is 10.00 Å². The summed E-state index contributed by atoms with van der Waals surface area (Å²) in [7, 11) is 0. The second kappa shape index (κ2) is 2.58. The van der Waals surface area contributed by atoms with Crippen molar-refractivity contribution in [3.8, 4) is 11.8 Å². The first-order chi connectivity index (χ1) is 6.54. The van der Waals surface area contributed by atoms with E-state index in [2.05, 4.69) is 0 Å². The van der Waals surface area contributed by atoms with E-state index in [0.29, 0.717) is 16.9 Å². The molecule has 1 aromatic carbocycles. The number of carbonyl (C=O) groups is 1. The first-order valence-corrected chi connectivity index (χ1v) is 4.32. The molecule has 0 saturated carbocycles. The average Bonchev–Trinajstić information content (AvgIpc) is 2.38. The van der Waals surface area contributed by atoms with Crippen molar-refractivity contribution < 1.29 is 9.53 Å². The van der Waals surface area contributed by atoms with Crippen molar-refractivity contribution >= 4 is 5.78 Å². The van der Waals surface area contributed by atoms with E-state index in [-0.39, 0.29) is 5.78 Å². The summed E-state index contributed by atoms with van der Waals surface area (Å²) in [6.07, 6.45) is 0. The Labute approximate surface area is 81.9 Å². The summed E-state index contributed by atoms with van der Waals surface area (Å²) in [6, 6.07) is 6.89. The van der Waals surface area contributed by atoms with Gasteiger partial charge in [-0.25, -0.2) is 0 Å². The molecule has 3 heteroatoms. The van der Waals surface area contributed by atoms with Crippen LogP contribution >= 0.6 is 0 Å². The van der Waals surface area contributed by atoms with Gasteiger partial charge in [0, 0.05) is 0 Å². The molecule has 0 spiro atoms. The van der Waals surface area contributed by atoms with Gasteiger partial charge in [-0.3, -0.25) is 4.79 Å². The minimum Gasteiger partial charge on any atom is -0.479 e. The standard InChI is InChI=1S/C11H9NO2/c1-11(2)10(13)8-5-7(6-12)3-4-9(8)14-11/h3-5H,1-2H3. The van der Waals surface area contributed by atoms with Crippen LogP contribution in [0.15, 0.2) is 18.2 Å². The molecule has 0 radical (unpaired) electrons. The van der Waals surface area contributed by atoms with Gasteiger partial charge < -0.3 is 4.74 Å². The molecule has 1 aromatic rings. The molecule has 1 aliphatic heterocycles. The van der Waals surface area contributed by atoms with Gasteiger partial charge >= 0.3 is 0 Å². The molecule has 1 aliphatic rings. The number of hydrogen-bond acceptors (Lipinski definition) is 3. The Morgan fingerprint density at radius 1 is 1.43 bits per heavy atom. The minimum atomic E-state index is -0.795. The fourth-order valence-corrected chi connectivity index (χ4v) is 1.51. The molecule has 2 rings (SSSR count). The fourth-order valence-electron chi connectivity index (χ4n) is 1.51. The lowest BCUT2D eigenvalue weighted by Crippen LogP contribution is -2.31. The number of hydrogen-bond donors (Lipinski definition) is 0. The molecule has 0 fully saturated rings. The van der Waals surface area contributed by atoms with E-state index in [0.717, 1.165) is 0 Å². The van der Waals surface area contributed by atoms with E-state index in [1.165, 1.54) is 0 Å². The van der Waals surface area contributed by atoms with Crippen molar-refractivity contribution in [2.24, 2.45) is 0 Å². The Morgan fingerprint density at radius 3 is 2.79 bits per heavy atom. The molecule has 0 aliphatic carbocycles. The summed E-state index contributed by atoms with van der Waals surface area (Å²) in [6.45, 7) is 3.45. The summed E-state index contributed by atoms with van der Waals surface area (Å²) in [5.41, 5.74) is 0.198. The summed E-state index contributed by atoms with van der Waals surface area (Å²) in [4.78, 5) is 11.8. The summed E-state index contributed by atoms with van der Waals surface area (Å²) >= 11 is 0. The number of nitrogens with zero attached hydrogens (tertiary/aromatic N) is 1. The third-order valence-electron chi connectivity index (χ3n) is 2.27. The van der Waals surface area contributed by atoms with Gasteiger partial charge in [0.15, 0.2) is 5.60 Å². The van der Waals surface area contributed by atoms with Crippen molar-refractivity contribution in [3.63, 3.8) is 0 Å². The van der Waals surface area contributed by atoms with Gasteiger partial charge in [0.2, 0.25) is 5.78 Å². The van der Waals surface area contributed by atoms with Crippen molar-refractivity contribution in [2.75, 3.05) is 0 Å². The summed E-state index contributed by atoms with van der Waals surface area (Å²) in [5, 5.41) is 8.68. The highest BCUT2D eigenvalue weighted by Crippen LogP contribution is 2.34. The van der Waals surface area contributed by atoms with Gasteiger partial charge in [-0.05, 0) is 32.0 Å². The molecule has 0 amide bonds. The van der Waals surface area contributed by atoms with Crippen LogP contribution in [0.1, 0.15) is 29.8 Å². The smallest absolute Gasteiger partial charge is 0.209 e. The van der Waals surface area contributed by atoms with E-state index >= 15 is 0 Å². The third kappa shape index (κ3) is 1.08. The number of nitriles is 1. The van der Waals surface area contributed by atoms with E-state index in [1.54, 1.807) is 32.0 Å². The quantitative estimate of drug-likeness (QED) is 0.623. The predicted molar refractivity (Wildman–Crippen MR) is 50.2 cm³/mol. The van der Waals surface area contributed by atoms with Crippen molar-refractivity contribution in [1.82, 2.24) is 0 Å². The van der Waals surface area contributed by atoms with Gasteiger partial charge in [-0.15, -0.1) is 0 Å². The second-order valence-corrected chi connectivity index (χ2v) is 3.76. The Morgan fingerprint density at radius 2 is 2.14 bits per heavy atom. The summed E-state index contributed by atoms with van der Waals surface area (Å²) < 4.78 is 5.45. The van der Waals surface area contributed by atoms with Crippen LogP contribution in [0.5, 0.6) is 5.75 Å². The Bertz CT molecular complexity index is 455. The van der Waals surface area contributed by atoms with Crippen LogP contribution in [-0.4, -0.2) is 11.4 Å². The molecule has 70 valence electrons. The van der Waals surface area contributed by atoms with E-state index in [1.807, 2.05) is 6.07 Å². The third-order valence-corrected chi connectivity index (χ3v) is 2.27. The lowest BCUT2D eigenvalue weighted by atomic mass is 9.99. The zero-order valence-corrected chi connectivity index (χ0v) is 8.00. The van der Waals surface area contributed by atoms with Crippen LogP contribution in [0.25, 0.3) is 0 Å². The molecule has 14 heavy (non-hydrogen) atoms. The number of Topliss-reactive ketones (excluding diaryl/α,β-unsaturated/α-hetero) is 1.